The molecule has 262 valence electrons. The lowest BCUT2D eigenvalue weighted by Gasteiger charge is -2.29. The molecule has 2 unspecified atom stereocenters. The Hall–Kier alpha value is -6.37. The highest BCUT2D eigenvalue weighted by Crippen LogP contribution is 2.42. The predicted molar refractivity (Wildman–Crippen MR) is 195 cm³/mol. The highest BCUT2D eigenvalue weighted by Gasteiger charge is 2.32. The van der Waals surface area contributed by atoms with Crippen molar-refractivity contribution in [2.75, 3.05) is 0 Å². The minimum Gasteiger partial charge on any atom is -0.505 e. The van der Waals surface area contributed by atoms with Gasteiger partial charge >= 0.3 is 12.2 Å². The second-order valence-corrected chi connectivity index (χ2v) is 12.2. The van der Waals surface area contributed by atoms with Crippen LogP contribution in [0.25, 0.3) is 21.8 Å². The van der Waals surface area contributed by atoms with Crippen LogP contribution in [0.1, 0.15) is 40.2 Å². The molecule has 3 aromatic carbocycles. The molecule has 12 nitrogen and oxygen atoms in total. The Balaban J connectivity index is 0.000000183. The number of halogens is 2. The Kier molecular flexibility index (Phi) is 10.7. The highest BCUT2D eigenvalue weighted by molar-refractivity contribution is 6.36. The van der Waals surface area contributed by atoms with Crippen LogP contribution in [0.2, 0.25) is 10.0 Å². The smallest absolute Gasteiger partial charge is 0.408 e. The number of phenols is 2. The van der Waals surface area contributed by atoms with E-state index in [9.17, 15) is 24.9 Å². The maximum Gasteiger partial charge on any atom is 0.408 e. The SMILES string of the molecule is O=C(O)N(Cc1ccccc1)C(c1ccco1)c1cc(Cl)c2cccnc2c1O.O=C(O)NC(c1ccccn1)c1cc(Cl)c2cccnc2c1O. The first-order valence-corrected chi connectivity index (χ1v) is 16.4. The minimum atomic E-state index is -1.24. The molecule has 52 heavy (non-hydrogen) atoms. The van der Waals surface area contributed by atoms with E-state index in [-0.39, 0.29) is 18.0 Å². The molecule has 0 aliphatic carbocycles. The molecule has 4 aromatic heterocycles. The molecular weight excluding hydrogens is 709 g/mol. The van der Waals surface area contributed by atoms with Gasteiger partial charge in [-0.2, -0.15) is 0 Å². The van der Waals surface area contributed by atoms with Gasteiger partial charge in [0, 0.05) is 40.5 Å². The fourth-order valence-corrected chi connectivity index (χ4v) is 6.33. The molecular formula is C38H29Cl2N5O7. The van der Waals surface area contributed by atoms with E-state index in [2.05, 4.69) is 20.3 Å². The lowest BCUT2D eigenvalue weighted by Crippen LogP contribution is -2.34. The van der Waals surface area contributed by atoms with Gasteiger partial charge in [0.25, 0.3) is 0 Å². The van der Waals surface area contributed by atoms with Crippen molar-refractivity contribution in [3.8, 4) is 11.5 Å². The molecule has 0 saturated heterocycles. The predicted octanol–water partition coefficient (Wildman–Crippen LogP) is 8.80. The molecule has 0 spiro atoms. The average molecular weight is 739 g/mol. The van der Waals surface area contributed by atoms with Gasteiger partial charge in [0.05, 0.1) is 28.5 Å². The van der Waals surface area contributed by atoms with E-state index in [1.807, 2.05) is 30.3 Å². The first kappa shape index (κ1) is 35.5. The van der Waals surface area contributed by atoms with Gasteiger partial charge in [-0.3, -0.25) is 19.9 Å². The molecule has 5 N–H and O–H groups in total. The van der Waals surface area contributed by atoms with E-state index in [4.69, 9.17) is 32.7 Å². The minimum absolute atomic E-state index is 0.0961. The molecule has 0 saturated carbocycles. The molecule has 0 fully saturated rings. The number of aromatic nitrogens is 3. The number of benzene rings is 3. The number of phenolic OH excluding ortho intramolecular Hbond substituents is 2. The van der Waals surface area contributed by atoms with Crippen LogP contribution in [-0.2, 0) is 6.54 Å². The van der Waals surface area contributed by atoms with Crippen molar-refractivity contribution in [2.24, 2.45) is 0 Å². The van der Waals surface area contributed by atoms with E-state index in [1.54, 1.807) is 73.1 Å². The largest absolute Gasteiger partial charge is 0.505 e. The van der Waals surface area contributed by atoms with Gasteiger partial charge in [0.15, 0.2) is 0 Å². The van der Waals surface area contributed by atoms with Gasteiger partial charge in [0.2, 0.25) is 0 Å². The van der Waals surface area contributed by atoms with Gasteiger partial charge in [-0.05, 0) is 66.2 Å². The molecule has 14 heteroatoms. The zero-order valence-electron chi connectivity index (χ0n) is 27.0. The number of furan rings is 1. The molecule has 4 heterocycles. The summed E-state index contributed by atoms with van der Waals surface area (Å²) in [5.41, 5.74) is 2.45. The van der Waals surface area contributed by atoms with E-state index < -0.39 is 24.3 Å². The summed E-state index contributed by atoms with van der Waals surface area (Å²) >= 11 is 12.7. The van der Waals surface area contributed by atoms with Crippen LogP contribution < -0.4 is 5.32 Å². The number of hydrogen-bond acceptors (Lipinski definition) is 8. The van der Waals surface area contributed by atoms with Crippen LogP contribution >= 0.6 is 23.2 Å². The summed E-state index contributed by atoms with van der Waals surface area (Å²) in [4.78, 5) is 37.1. The third-order valence-electron chi connectivity index (χ3n) is 8.11. The Labute approximate surface area is 306 Å². The first-order valence-electron chi connectivity index (χ1n) is 15.6. The molecule has 2 amide bonds. The van der Waals surface area contributed by atoms with Crippen LogP contribution in [0.15, 0.2) is 126 Å². The molecule has 7 rings (SSSR count). The molecule has 7 aromatic rings. The van der Waals surface area contributed by atoms with E-state index in [0.717, 1.165) is 5.56 Å². The molecule has 0 aliphatic heterocycles. The summed E-state index contributed by atoms with van der Waals surface area (Å²) in [7, 11) is 0. The number of fused-ring (bicyclic) bond motifs is 2. The van der Waals surface area contributed by atoms with Gasteiger partial charge < -0.3 is 30.2 Å². The van der Waals surface area contributed by atoms with Crippen molar-refractivity contribution in [3.63, 3.8) is 0 Å². The highest BCUT2D eigenvalue weighted by atomic mass is 35.5. The van der Waals surface area contributed by atoms with Gasteiger partial charge in [-0.1, -0.05) is 59.6 Å². The summed E-state index contributed by atoms with van der Waals surface area (Å²) in [6.07, 6.45) is 3.68. The second-order valence-electron chi connectivity index (χ2n) is 11.3. The lowest BCUT2D eigenvalue weighted by atomic mass is 9.98. The number of hydrogen-bond donors (Lipinski definition) is 5. The van der Waals surface area contributed by atoms with Gasteiger partial charge in [-0.25, -0.2) is 9.59 Å². The number of nitrogens with zero attached hydrogens (tertiary/aromatic N) is 4. The number of carbonyl (C=O) groups is 2. The monoisotopic (exact) mass is 737 g/mol. The van der Waals surface area contributed by atoms with Crippen molar-refractivity contribution in [1.82, 2.24) is 25.2 Å². The van der Waals surface area contributed by atoms with E-state index >= 15 is 0 Å². The van der Waals surface area contributed by atoms with Gasteiger partial charge in [-0.15, -0.1) is 0 Å². The number of aromatic hydroxyl groups is 2. The second kappa shape index (κ2) is 15.7. The van der Waals surface area contributed by atoms with E-state index in [1.165, 1.54) is 23.4 Å². The van der Waals surface area contributed by atoms with Crippen LogP contribution in [0, 0.1) is 0 Å². The Morgan fingerprint density at radius 3 is 1.88 bits per heavy atom. The normalized spacial score (nSPS) is 12.0. The number of carboxylic acid groups (broad SMARTS) is 2. The number of nitrogens with one attached hydrogen (secondary N) is 1. The first-order chi connectivity index (χ1) is 25.1. The number of rotatable bonds is 8. The van der Waals surface area contributed by atoms with Crippen molar-refractivity contribution in [2.45, 2.75) is 18.6 Å². The summed E-state index contributed by atoms with van der Waals surface area (Å²) in [5, 5.41) is 44.9. The molecule has 0 radical (unpaired) electrons. The standard InChI is InChI=1S/C22H17ClN2O4.C16H12ClN3O3/c23-17-12-16(21(26)19-15(17)8-4-10-24-19)20(18-9-5-11-29-18)25(22(27)28)13-14-6-2-1-3-7-14;17-11-8-10(15(21)14-9(11)4-3-7-19-14)13(20-16(22)23)12-5-1-2-6-18-12/h1-12,20,26H,13H2,(H,27,28);1-8,13,20-21H,(H,22,23). The maximum absolute atomic E-state index is 12.2. The van der Waals surface area contributed by atoms with Crippen LogP contribution in [-0.4, -0.2) is 52.5 Å². The molecule has 2 atom stereocenters. The van der Waals surface area contributed by atoms with Crippen molar-refractivity contribution >= 4 is 57.2 Å². The maximum atomic E-state index is 12.2. The average Bonchev–Trinajstić information content (AvgIpc) is 3.70. The topological polar surface area (TPSA) is 182 Å². The Morgan fingerprint density at radius 2 is 1.33 bits per heavy atom. The number of amides is 2. The van der Waals surface area contributed by atoms with Crippen LogP contribution in [0.3, 0.4) is 0 Å². The Bertz CT molecular complexity index is 2350. The summed E-state index contributed by atoms with van der Waals surface area (Å²) < 4.78 is 5.55. The van der Waals surface area contributed by atoms with Crippen LogP contribution in [0.5, 0.6) is 11.5 Å². The third kappa shape index (κ3) is 7.53. The number of pyridine rings is 3. The van der Waals surface area contributed by atoms with Crippen LogP contribution in [0.4, 0.5) is 9.59 Å². The van der Waals surface area contributed by atoms with Gasteiger partial charge in [0.1, 0.15) is 40.4 Å². The summed E-state index contributed by atoms with van der Waals surface area (Å²) in [6, 6.07) is 25.9. The fourth-order valence-electron chi connectivity index (χ4n) is 5.79. The quantitative estimate of drug-likeness (QED) is 0.101. The van der Waals surface area contributed by atoms with Crippen molar-refractivity contribution in [1.29, 1.82) is 0 Å². The molecule has 0 bridgehead atoms. The zero-order valence-corrected chi connectivity index (χ0v) is 28.5. The lowest BCUT2D eigenvalue weighted by molar-refractivity contribution is 0.122. The summed E-state index contributed by atoms with van der Waals surface area (Å²) in [5.74, 6) is 0.102. The zero-order chi connectivity index (χ0) is 36.8. The van der Waals surface area contributed by atoms with Crippen molar-refractivity contribution in [3.05, 3.63) is 160 Å². The van der Waals surface area contributed by atoms with E-state index in [0.29, 0.717) is 54.4 Å². The fraction of sp³-hybridized carbons (Fsp3) is 0.0789. The molecule has 0 aliphatic rings. The third-order valence-corrected chi connectivity index (χ3v) is 8.74. The Morgan fingerprint density at radius 1 is 0.731 bits per heavy atom. The van der Waals surface area contributed by atoms with Crippen molar-refractivity contribution < 1.29 is 34.4 Å². The summed E-state index contributed by atoms with van der Waals surface area (Å²) in [6.45, 7) is 0.0961.